The number of thiophene rings is 1. The molecule has 3 rings (SSSR count). The number of benzene rings is 1. The van der Waals surface area contributed by atoms with Gasteiger partial charge in [0.25, 0.3) is 0 Å². The summed E-state index contributed by atoms with van der Waals surface area (Å²) in [4.78, 5) is 11.1. The first-order valence-corrected chi connectivity index (χ1v) is 8.40. The summed E-state index contributed by atoms with van der Waals surface area (Å²) in [5, 5.41) is 4.52. The van der Waals surface area contributed by atoms with E-state index in [1.54, 1.807) is 17.7 Å². The summed E-state index contributed by atoms with van der Waals surface area (Å²) >= 11 is 1.74. The molecule has 2 heterocycles. The Morgan fingerprint density at radius 3 is 2.45 bits per heavy atom. The van der Waals surface area contributed by atoms with Crippen molar-refractivity contribution in [2.45, 2.75) is 39.5 Å². The van der Waals surface area contributed by atoms with E-state index >= 15 is 0 Å². The summed E-state index contributed by atoms with van der Waals surface area (Å²) in [7, 11) is 0. The molecule has 0 bridgehead atoms. The van der Waals surface area contributed by atoms with Crippen LogP contribution in [0.15, 0.2) is 36.7 Å². The molecule has 0 aliphatic carbocycles. The number of nitrogens with zero attached hydrogens (tertiary/aromatic N) is 2. The van der Waals surface area contributed by atoms with Crippen LogP contribution >= 0.6 is 11.3 Å². The second-order valence-corrected chi connectivity index (χ2v) is 7.57. The van der Waals surface area contributed by atoms with Gasteiger partial charge in [0.15, 0.2) is 0 Å². The van der Waals surface area contributed by atoms with Gasteiger partial charge in [-0.25, -0.2) is 9.97 Å². The highest BCUT2D eigenvalue weighted by atomic mass is 32.1. The first kappa shape index (κ1) is 15.0. The molecule has 3 nitrogen and oxygen atoms in total. The van der Waals surface area contributed by atoms with E-state index in [4.69, 9.17) is 0 Å². The molecule has 0 aliphatic heterocycles. The summed E-state index contributed by atoms with van der Waals surface area (Å²) in [6.45, 7) is 8.83. The number of nitrogens with one attached hydrogen (secondary N) is 1. The number of anilines is 2. The number of aryl methyl sites for hydroxylation is 1. The van der Waals surface area contributed by atoms with Crippen LogP contribution in [0.5, 0.6) is 0 Å². The molecule has 0 saturated heterocycles. The fraction of sp³-hybridized carbons (Fsp3) is 0.333. The molecule has 1 N–H and O–H groups in total. The van der Waals surface area contributed by atoms with Crippen molar-refractivity contribution in [2.24, 2.45) is 0 Å². The average molecular weight is 311 g/mol. The fourth-order valence-corrected chi connectivity index (χ4v) is 3.30. The van der Waals surface area contributed by atoms with Gasteiger partial charge >= 0.3 is 0 Å². The third kappa shape index (κ3) is 2.97. The van der Waals surface area contributed by atoms with Crippen LogP contribution in [0.4, 0.5) is 11.5 Å². The molecule has 22 heavy (non-hydrogen) atoms. The molecule has 0 unspecified atom stereocenters. The third-order valence-corrected chi connectivity index (χ3v) is 4.93. The zero-order valence-corrected chi connectivity index (χ0v) is 14.3. The predicted octanol–water partition coefficient (Wildman–Crippen LogP) is 5.29. The second-order valence-electron chi connectivity index (χ2n) is 6.46. The zero-order chi connectivity index (χ0) is 15.7. The highest BCUT2D eigenvalue weighted by Gasteiger charge is 2.13. The van der Waals surface area contributed by atoms with Gasteiger partial charge in [0.05, 0.1) is 5.39 Å². The Balaban J connectivity index is 1.91. The molecule has 0 spiro atoms. The van der Waals surface area contributed by atoms with Crippen molar-refractivity contribution in [3.05, 3.63) is 47.1 Å². The Kier molecular flexibility index (Phi) is 3.87. The van der Waals surface area contributed by atoms with Crippen molar-refractivity contribution in [3.8, 4) is 0 Å². The summed E-state index contributed by atoms with van der Waals surface area (Å²) in [5.74, 6) is 0.879. The normalized spacial score (nSPS) is 11.8. The third-order valence-electron chi connectivity index (χ3n) is 3.74. The minimum Gasteiger partial charge on any atom is -0.340 e. The lowest BCUT2D eigenvalue weighted by atomic mass is 9.87. The topological polar surface area (TPSA) is 37.8 Å². The van der Waals surface area contributed by atoms with Gasteiger partial charge in [-0.15, -0.1) is 11.3 Å². The summed E-state index contributed by atoms with van der Waals surface area (Å²) in [6, 6.07) is 10.8. The number of rotatable bonds is 3. The van der Waals surface area contributed by atoms with E-state index in [1.165, 1.54) is 10.4 Å². The van der Waals surface area contributed by atoms with Crippen molar-refractivity contribution < 1.29 is 0 Å². The van der Waals surface area contributed by atoms with E-state index < -0.39 is 0 Å². The van der Waals surface area contributed by atoms with Crippen LogP contribution in [0.1, 0.15) is 38.1 Å². The molecule has 0 atom stereocenters. The molecule has 0 saturated carbocycles. The van der Waals surface area contributed by atoms with Gasteiger partial charge in [0, 0.05) is 10.6 Å². The molecular weight excluding hydrogens is 290 g/mol. The molecule has 0 radical (unpaired) electrons. The lowest BCUT2D eigenvalue weighted by Gasteiger charge is -2.19. The Labute approximate surface area is 135 Å². The Morgan fingerprint density at radius 2 is 1.82 bits per heavy atom. The number of fused-ring (bicyclic) bond motifs is 1. The maximum atomic E-state index is 4.41. The van der Waals surface area contributed by atoms with Crippen LogP contribution in [-0.4, -0.2) is 9.97 Å². The standard InChI is InChI=1S/C18H21N3S/c1-5-14-10-15-16(19-11-20-17(15)22-14)21-13-8-6-12(7-9-13)18(2,3)4/h6-11H,5H2,1-4H3,(H,19,20,21). The Hall–Kier alpha value is -1.94. The molecule has 1 aromatic carbocycles. The number of hydrogen-bond donors (Lipinski definition) is 1. The van der Waals surface area contributed by atoms with E-state index in [-0.39, 0.29) is 5.41 Å². The molecule has 2 aromatic heterocycles. The Morgan fingerprint density at radius 1 is 1.09 bits per heavy atom. The maximum Gasteiger partial charge on any atom is 0.142 e. The van der Waals surface area contributed by atoms with Gasteiger partial charge < -0.3 is 5.32 Å². The van der Waals surface area contributed by atoms with Gasteiger partial charge in [0.1, 0.15) is 17.0 Å². The lowest BCUT2D eigenvalue weighted by molar-refractivity contribution is 0.590. The minimum absolute atomic E-state index is 0.171. The molecule has 0 fully saturated rings. The number of aromatic nitrogens is 2. The van der Waals surface area contributed by atoms with E-state index in [9.17, 15) is 0 Å². The first-order chi connectivity index (χ1) is 10.5. The smallest absolute Gasteiger partial charge is 0.142 e. The second kappa shape index (κ2) is 5.69. The van der Waals surface area contributed by atoms with Crippen LogP contribution in [-0.2, 0) is 11.8 Å². The van der Waals surface area contributed by atoms with Crippen molar-refractivity contribution >= 4 is 33.1 Å². The highest BCUT2D eigenvalue weighted by Crippen LogP contribution is 2.30. The van der Waals surface area contributed by atoms with Crippen LogP contribution < -0.4 is 5.32 Å². The SMILES string of the molecule is CCc1cc2c(Nc3ccc(C(C)(C)C)cc3)ncnc2s1. The van der Waals surface area contributed by atoms with Gasteiger partial charge in [-0.1, -0.05) is 39.8 Å². The molecule has 0 aliphatic rings. The van der Waals surface area contributed by atoms with Gasteiger partial charge in [-0.05, 0) is 35.6 Å². The molecular formula is C18H21N3S. The molecule has 3 aromatic rings. The largest absolute Gasteiger partial charge is 0.340 e. The van der Waals surface area contributed by atoms with Crippen LogP contribution in [0, 0.1) is 0 Å². The van der Waals surface area contributed by atoms with Crippen molar-refractivity contribution in [1.29, 1.82) is 0 Å². The van der Waals surface area contributed by atoms with Crippen LogP contribution in [0.25, 0.3) is 10.2 Å². The highest BCUT2D eigenvalue weighted by molar-refractivity contribution is 7.18. The van der Waals surface area contributed by atoms with Gasteiger partial charge in [0.2, 0.25) is 0 Å². The summed E-state index contributed by atoms with van der Waals surface area (Å²) < 4.78 is 0. The minimum atomic E-state index is 0.171. The zero-order valence-electron chi connectivity index (χ0n) is 13.5. The Bertz CT molecular complexity index is 782. The van der Waals surface area contributed by atoms with E-state index in [2.05, 4.69) is 73.3 Å². The molecule has 0 amide bonds. The van der Waals surface area contributed by atoms with E-state index in [0.29, 0.717) is 0 Å². The summed E-state index contributed by atoms with van der Waals surface area (Å²) in [5.41, 5.74) is 2.55. The van der Waals surface area contributed by atoms with Gasteiger partial charge in [-0.3, -0.25) is 0 Å². The molecule has 114 valence electrons. The van der Waals surface area contributed by atoms with Crippen molar-refractivity contribution in [3.63, 3.8) is 0 Å². The lowest BCUT2D eigenvalue weighted by Crippen LogP contribution is -2.10. The number of hydrogen-bond acceptors (Lipinski definition) is 4. The van der Waals surface area contributed by atoms with Crippen LogP contribution in [0.2, 0.25) is 0 Å². The monoisotopic (exact) mass is 311 g/mol. The summed E-state index contributed by atoms with van der Waals surface area (Å²) in [6.07, 6.45) is 2.66. The van der Waals surface area contributed by atoms with Crippen molar-refractivity contribution in [1.82, 2.24) is 9.97 Å². The van der Waals surface area contributed by atoms with E-state index in [0.717, 1.165) is 28.1 Å². The molecule has 4 heteroatoms. The quantitative estimate of drug-likeness (QED) is 0.713. The fourth-order valence-electron chi connectivity index (χ4n) is 2.37. The maximum absolute atomic E-state index is 4.41. The predicted molar refractivity (Wildman–Crippen MR) is 95.2 cm³/mol. The van der Waals surface area contributed by atoms with Crippen molar-refractivity contribution in [2.75, 3.05) is 5.32 Å². The van der Waals surface area contributed by atoms with Crippen LogP contribution in [0.3, 0.4) is 0 Å². The average Bonchev–Trinajstić information content (AvgIpc) is 2.91. The van der Waals surface area contributed by atoms with Gasteiger partial charge in [-0.2, -0.15) is 0 Å². The van der Waals surface area contributed by atoms with E-state index in [1.807, 2.05) is 0 Å². The first-order valence-electron chi connectivity index (χ1n) is 7.58.